The molecule has 0 fully saturated rings. The second-order valence-electron chi connectivity index (χ2n) is 3.17. The zero-order chi connectivity index (χ0) is 10.7. The molecule has 15 heavy (non-hydrogen) atoms. The Morgan fingerprint density at radius 2 is 2.47 bits per heavy atom. The first-order valence-corrected chi connectivity index (χ1v) is 5.71. The molecular formula is C9H12N4OS. The van der Waals surface area contributed by atoms with E-state index in [1.54, 1.807) is 5.51 Å². The van der Waals surface area contributed by atoms with Gasteiger partial charge in [-0.1, -0.05) is 12.1 Å². The van der Waals surface area contributed by atoms with E-state index in [0.29, 0.717) is 18.3 Å². The monoisotopic (exact) mass is 224 g/mol. The Bertz CT molecular complexity index is 407. The van der Waals surface area contributed by atoms with Crippen molar-refractivity contribution >= 4 is 11.3 Å². The summed E-state index contributed by atoms with van der Waals surface area (Å²) in [7, 11) is 0. The minimum Gasteiger partial charge on any atom is -0.339 e. The zero-order valence-corrected chi connectivity index (χ0v) is 9.20. The van der Waals surface area contributed by atoms with E-state index in [1.807, 2.05) is 12.3 Å². The molecule has 1 atom stereocenters. The van der Waals surface area contributed by atoms with Crippen molar-refractivity contribution in [3.63, 3.8) is 0 Å². The van der Waals surface area contributed by atoms with Crippen molar-refractivity contribution in [1.29, 1.82) is 0 Å². The van der Waals surface area contributed by atoms with Gasteiger partial charge in [-0.05, 0) is 6.42 Å². The van der Waals surface area contributed by atoms with Crippen molar-refractivity contribution in [3.8, 4) is 11.5 Å². The van der Waals surface area contributed by atoms with Gasteiger partial charge in [0.25, 0.3) is 0 Å². The molecule has 0 bridgehead atoms. The molecule has 0 aliphatic heterocycles. The molecule has 0 aliphatic carbocycles. The Balaban J connectivity index is 2.24. The Labute approximate surface area is 91.3 Å². The molecule has 2 aromatic rings. The molecule has 0 amide bonds. The van der Waals surface area contributed by atoms with E-state index in [1.165, 1.54) is 11.3 Å². The van der Waals surface area contributed by atoms with Gasteiger partial charge >= 0.3 is 0 Å². The van der Waals surface area contributed by atoms with Crippen LogP contribution in [0.25, 0.3) is 11.5 Å². The molecule has 1 unspecified atom stereocenters. The van der Waals surface area contributed by atoms with Crippen LogP contribution in [0, 0.1) is 0 Å². The van der Waals surface area contributed by atoms with Gasteiger partial charge in [0.1, 0.15) is 5.69 Å². The van der Waals surface area contributed by atoms with Crippen molar-refractivity contribution in [1.82, 2.24) is 15.1 Å². The summed E-state index contributed by atoms with van der Waals surface area (Å²) in [5.41, 5.74) is 8.10. The topological polar surface area (TPSA) is 77.8 Å². The van der Waals surface area contributed by atoms with E-state index >= 15 is 0 Å². The van der Waals surface area contributed by atoms with Gasteiger partial charge in [-0.15, -0.1) is 11.3 Å². The number of aromatic nitrogens is 3. The van der Waals surface area contributed by atoms with Crippen molar-refractivity contribution in [3.05, 3.63) is 16.8 Å². The fraction of sp³-hybridized carbons (Fsp3) is 0.444. The fourth-order valence-corrected chi connectivity index (χ4v) is 1.80. The molecule has 0 saturated heterocycles. The van der Waals surface area contributed by atoms with E-state index < -0.39 is 0 Å². The molecule has 2 N–H and O–H groups in total. The number of nitrogens with zero attached hydrogens (tertiary/aromatic N) is 3. The second-order valence-corrected chi connectivity index (χ2v) is 3.89. The molecule has 80 valence electrons. The quantitative estimate of drug-likeness (QED) is 0.854. The third-order valence-corrected chi connectivity index (χ3v) is 2.82. The maximum Gasteiger partial charge on any atom is 0.231 e. The molecule has 0 spiro atoms. The molecule has 2 heterocycles. The Hall–Kier alpha value is -1.27. The smallest absolute Gasteiger partial charge is 0.231 e. The van der Waals surface area contributed by atoms with E-state index in [2.05, 4.69) is 15.1 Å². The third kappa shape index (κ3) is 2.05. The Morgan fingerprint density at radius 1 is 1.60 bits per heavy atom. The van der Waals surface area contributed by atoms with E-state index in [-0.39, 0.29) is 5.92 Å². The molecule has 5 nitrogen and oxygen atoms in total. The lowest BCUT2D eigenvalue weighted by atomic mass is 10.1. The summed E-state index contributed by atoms with van der Waals surface area (Å²) < 4.78 is 5.16. The normalized spacial score (nSPS) is 12.9. The third-order valence-electron chi connectivity index (χ3n) is 2.23. The number of hydrogen-bond acceptors (Lipinski definition) is 6. The molecule has 0 aliphatic rings. The van der Waals surface area contributed by atoms with Gasteiger partial charge in [-0.25, -0.2) is 4.98 Å². The predicted octanol–water partition coefficient (Wildman–Crippen LogP) is 1.65. The van der Waals surface area contributed by atoms with Gasteiger partial charge in [0.15, 0.2) is 0 Å². The number of hydrogen-bond donors (Lipinski definition) is 1. The first kappa shape index (κ1) is 10.3. The van der Waals surface area contributed by atoms with E-state index in [4.69, 9.17) is 10.3 Å². The van der Waals surface area contributed by atoms with Crippen LogP contribution in [0.5, 0.6) is 0 Å². The first-order chi connectivity index (χ1) is 7.35. The molecular weight excluding hydrogens is 212 g/mol. The Kier molecular flexibility index (Phi) is 3.08. The van der Waals surface area contributed by atoms with Crippen molar-refractivity contribution in [2.75, 3.05) is 6.54 Å². The molecule has 0 saturated carbocycles. The summed E-state index contributed by atoms with van der Waals surface area (Å²) in [5.74, 6) is 1.28. The summed E-state index contributed by atoms with van der Waals surface area (Å²) in [5, 5.41) is 5.76. The lowest BCUT2D eigenvalue weighted by Gasteiger charge is -2.03. The maximum atomic E-state index is 5.60. The summed E-state index contributed by atoms with van der Waals surface area (Å²) in [4.78, 5) is 8.39. The van der Waals surface area contributed by atoms with Crippen LogP contribution in [-0.4, -0.2) is 21.7 Å². The minimum absolute atomic E-state index is 0.143. The van der Waals surface area contributed by atoms with Crippen LogP contribution in [0.2, 0.25) is 0 Å². The van der Waals surface area contributed by atoms with Crippen molar-refractivity contribution in [2.24, 2.45) is 5.73 Å². The summed E-state index contributed by atoms with van der Waals surface area (Å²) in [6.07, 6.45) is 0.898. The largest absolute Gasteiger partial charge is 0.339 e. The number of nitrogens with two attached hydrogens (primary N) is 1. The lowest BCUT2D eigenvalue weighted by molar-refractivity contribution is 0.351. The number of thiazole rings is 1. The van der Waals surface area contributed by atoms with Crippen LogP contribution < -0.4 is 5.73 Å². The van der Waals surface area contributed by atoms with Gasteiger partial charge < -0.3 is 10.3 Å². The second kappa shape index (κ2) is 4.50. The summed E-state index contributed by atoms with van der Waals surface area (Å²) in [6.45, 7) is 2.57. The van der Waals surface area contributed by atoms with Gasteiger partial charge in [0.2, 0.25) is 11.7 Å². The predicted molar refractivity (Wildman–Crippen MR) is 57.5 cm³/mol. The van der Waals surface area contributed by atoms with Gasteiger partial charge in [0, 0.05) is 11.9 Å². The van der Waals surface area contributed by atoms with Gasteiger partial charge in [-0.3, -0.25) is 0 Å². The average molecular weight is 224 g/mol. The highest BCUT2D eigenvalue weighted by Gasteiger charge is 2.16. The number of rotatable bonds is 4. The summed E-state index contributed by atoms with van der Waals surface area (Å²) >= 11 is 1.51. The highest BCUT2D eigenvalue weighted by Crippen LogP contribution is 2.20. The molecule has 6 heteroatoms. The average Bonchev–Trinajstić information content (AvgIpc) is 2.89. The molecule has 2 aromatic heterocycles. The van der Waals surface area contributed by atoms with Gasteiger partial charge in [0.05, 0.1) is 11.4 Å². The summed E-state index contributed by atoms with van der Waals surface area (Å²) in [6, 6.07) is 0. The minimum atomic E-state index is 0.143. The SMILES string of the molecule is CCC(CN)c1nc(-c2cscn2)no1. The van der Waals surface area contributed by atoms with Crippen LogP contribution in [0.4, 0.5) is 0 Å². The van der Waals surface area contributed by atoms with Crippen LogP contribution in [0.15, 0.2) is 15.4 Å². The first-order valence-electron chi connectivity index (χ1n) is 4.77. The van der Waals surface area contributed by atoms with Crippen LogP contribution in [-0.2, 0) is 0 Å². The van der Waals surface area contributed by atoms with Crippen LogP contribution in [0.1, 0.15) is 25.2 Å². The fourth-order valence-electron chi connectivity index (χ4n) is 1.27. The van der Waals surface area contributed by atoms with Crippen molar-refractivity contribution in [2.45, 2.75) is 19.3 Å². The zero-order valence-electron chi connectivity index (χ0n) is 8.38. The van der Waals surface area contributed by atoms with Gasteiger partial charge in [-0.2, -0.15) is 4.98 Å². The Morgan fingerprint density at radius 3 is 3.07 bits per heavy atom. The lowest BCUT2D eigenvalue weighted by Crippen LogP contribution is -2.11. The standard InChI is InChI=1S/C9H12N4OS/c1-2-6(3-10)9-12-8(13-14-9)7-4-15-5-11-7/h4-6H,2-3,10H2,1H3. The van der Waals surface area contributed by atoms with E-state index in [0.717, 1.165) is 12.1 Å². The van der Waals surface area contributed by atoms with E-state index in [9.17, 15) is 0 Å². The molecule has 0 radical (unpaired) electrons. The van der Waals surface area contributed by atoms with Crippen LogP contribution in [0.3, 0.4) is 0 Å². The molecule has 0 aromatic carbocycles. The highest BCUT2D eigenvalue weighted by molar-refractivity contribution is 7.07. The van der Waals surface area contributed by atoms with Crippen LogP contribution >= 0.6 is 11.3 Å². The van der Waals surface area contributed by atoms with Crippen molar-refractivity contribution < 1.29 is 4.52 Å². The highest BCUT2D eigenvalue weighted by atomic mass is 32.1. The molecule has 2 rings (SSSR count). The maximum absolute atomic E-state index is 5.60.